The van der Waals surface area contributed by atoms with Gasteiger partial charge in [-0.05, 0) is 50.1 Å². The lowest BCUT2D eigenvalue weighted by Crippen LogP contribution is -2.01. The van der Waals surface area contributed by atoms with Crippen molar-refractivity contribution in [2.24, 2.45) is 0 Å². The van der Waals surface area contributed by atoms with Gasteiger partial charge in [0.05, 0.1) is 22.2 Å². The van der Waals surface area contributed by atoms with E-state index in [-0.39, 0.29) is 11.4 Å². The van der Waals surface area contributed by atoms with Gasteiger partial charge in [0.15, 0.2) is 0 Å². The number of nitro benzene ring substituents is 1. The van der Waals surface area contributed by atoms with Crippen LogP contribution >= 0.6 is 31.9 Å². The minimum absolute atomic E-state index is 0.102. The van der Waals surface area contributed by atoms with Crippen LogP contribution < -0.4 is 15.8 Å². The average molecular weight is 417 g/mol. The molecule has 0 unspecified atom stereocenters. The molecular formula is C13H11Br2N3O3. The molecule has 2 rings (SSSR count). The number of methoxy groups -OCH3 is 1. The lowest BCUT2D eigenvalue weighted by atomic mass is 10.2. The zero-order valence-electron chi connectivity index (χ0n) is 10.9. The Morgan fingerprint density at radius 2 is 1.95 bits per heavy atom. The summed E-state index contributed by atoms with van der Waals surface area (Å²) in [7, 11) is 1.54. The summed E-state index contributed by atoms with van der Waals surface area (Å²) in [6, 6.07) is 8.24. The maximum Gasteiger partial charge on any atom is 0.315 e. The predicted octanol–water partition coefficient (Wildman–Crippen LogP) is 4.45. The highest BCUT2D eigenvalue weighted by Gasteiger charge is 2.19. The van der Waals surface area contributed by atoms with Gasteiger partial charge in [-0.1, -0.05) is 6.07 Å². The number of para-hydroxylation sites is 1. The number of hydrogen-bond acceptors (Lipinski definition) is 5. The molecule has 2 aromatic rings. The molecular weight excluding hydrogens is 406 g/mol. The van der Waals surface area contributed by atoms with Crippen LogP contribution in [0.5, 0.6) is 5.75 Å². The molecule has 0 atom stereocenters. The molecule has 3 N–H and O–H groups in total. The molecule has 2 aromatic carbocycles. The maximum absolute atomic E-state index is 11.1. The molecule has 0 saturated carbocycles. The smallest absolute Gasteiger partial charge is 0.315 e. The van der Waals surface area contributed by atoms with Crippen LogP contribution in [0.1, 0.15) is 0 Å². The molecule has 0 amide bonds. The van der Waals surface area contributed by atoms with Crippen molar-refractivity contribution in [3.05, 3.63) is 49.4 Å². The number of hydrogen-bond donors (Lipinski definition) is 2. The third-order valence-corrected chi connectivity index (χ3v) is 4.04. The number of nitrogens with two attached hydrogens (primary N) is 1. The summed E-state index contributed by atoms with van der Waals surface area (Å²) in [6.45, 7) is 0. The fourth-order valence-corrected chi connectivity index (χ4v) is 3.05. The van der Waals surface area contributed by atoms with E-state index in [1.807, 2.05) is 0 Å². The number of benzene rings is 2. The van der Waals surface area contributed by atoms with E-state index >= 15 is 0 Å². The van der Waals surface area contributed by atoms with Gasteiger partial charge in [0.1, 0.15) is 17.1 Å². The molecule has 21 heavy (non-hydrogen) atoms. The summed E-state index contributed by atoms with van der Waals surface area (Å²) in [4.78, 5) is 10.6. The molecule has 0 heterocycles. The molecule has 0 aromatic heterocycles. The van der Waals surface area contributed by atoms with Crippen molar-refractivity contribution in [2.45, 2.75) is 0 Å². The Morgan fingerprint density at radius 1 is 1.24 bits per heavy atom. The van der Waals surface area contributed by atoms with Gasteiger partial charge < -0.3 is 15.8 Å². The molecule has 0 spiro atoms. The zero-order valence-corrected chi connectivity index (χ0v) is 14.1. The molecule has 8 heteroatoms. The highest BCUT2D eigenvalue weighted by molar-refractivity contribution is 9.11. The van der Waals surface area contributed by atoms with Crippen molar-refractivity contribution >= 4 is 54.6 Å². The van der Waals surface area contributed by atoms with Crippen LogP contribution in [0.3, 0.4) is 0 Å². The summed E-state index contributed by atoms with van der Waals surface area (Å²) in [6.07, 6.45) is 0. The fourth-order valence-electron chi connectivity index (χ4n) is 1.79. The van der Waals surface area contributed by atoms with Crippen molar-refractivity contribution in [1.29, 1.82) is 0 Å². The number of nitrogens with one attached hydrogen (secondary N) is 1. The van der Waals surface area contributed by atoms with E-state index in [9.17, 15) is 10.1 Å². The van der Waals surface area contributed by atoms with Gasteiger partial charge in [0, 0.05) is 10.5 Å². The van der Waals surface area contributed by atoms with E-state index < -0.39 is 4.92 Å². The van der Waals surface area contributed by atoms with Gasteiger partial charge in [0.2, 0.25) is 0 Å². The largest absolute Gasteiger partial charge is 0.495 e. The van der Waals surface area contributed by atoms with Gasteiger partial charge in [-0.25, -0.2) is 0 Å². The van der Waals surface area contributed by atoms with Crippen molar-refractivity contribution in [2.75, 3.05) is 18.2 Å². The van der Waals surface area contributed by atoms with E-state index in [4.69, 9.17) is 10.5 Å². The quantitative estimate of drug-likeness (QED) is 0.436. The third kappa shape index (κ3) is 3.27. The second-order valence-electron chi connectivity index (χ2n) is 4.09. The Balaban J connectivity index is 2.48. The van der Waals surface area contributed by atoms with Crippen LogP contribution in [0.15, 0.2) is 39.3 Å². The Labute approximate surface area is 137 Å². The van der Waals surface area contributed by atoms with Crippen LogP contribution in [0, 0.1) is 10.1 Å². The van der Waals surface area contributed by atoms with Crippen LogP contribution in [0.2, 0.25) is 0 Å². The van der Waals surface area contributed by atoms with E-state index in [0.29, 0.717) is 17.1 Å². The molecule has 110 valence electrons. The van der Waals surface area contributed by atoms with Crippen LogP contribution in [0.4, 0.5) is 22.7 Å². The zero-order chi connectivity index (χ0) is 15.6. The first kappa shape index (κ1) is 15.6. The van der Waals surface area contributed by atoms with E-state index in [2.05, 4.69) is 37.2 Å². The Hall–Kier alpha value is -1.80. The fraction of sp³-hybridized carbons (Fsp3) is 0.0769. The van der Waals surface area contributed by atoms with Crippen LogP contribution in [-0.2, 0) is 0 Å². The minimum atomic E-state index is -0.512. The van der Waals surface area contributed by atoms with E-state index in [1.165, 1.54) is 6.07 Å². The maximum atomic E-state index is 11.1. The number of rotatable bonds is 4. The Morgan fingerprint density at radius 3 is 2.57 bits per heavy atom. The number of halogens is 2. The number of anilines is 3. The summed E-state index contributed by atoms with van der Waals surface area (Å²) in [5, 5.41) is 14.1. The SMILES string of the molecule is COc1cc(Nc2cccc(N)c2[N+](=O)[O-])c(Br)cc1Br. The van der Waals surface area contributed by atoms with Gasteiger partial charge >= 0.3 is 5.69 Å². The minimum Gasteiger partial charge on any atom is -0.495 e. The Bertz CT molecular complexity index is 707. The molecule has 0 fully saturated rings. The monoisotopic (exact) mass is 415 g/mol. The summed E-state index contributed by atoms with van der Waals surface area (Å²) in [5.74, 6) is 0.604. The van der Waals surface area contributed by atoms with Gasteiger partial charge in [-0.3, -0.25) is 10.1 Å². The first-order valence-electron chi connectivity index (χ1n) is 5.77. The topological polar surface area (TPSA) is 90.4 Å². The van der Waals surface area contributed by atoms with E-state index in [1.54, 1.807) is 31.4 Å². The molecule has 6 nitrogen and oxygen atoms in total. The molecule has 0 saturated heterocycles. The number of nitro groups is 1. The normalized spacial score (nSPS) is 10.2. The van der Waals surface area contributed by atoms with E-state index in [0.717, 1.165) is 8.95 Å². The van der Waals surface area contributed by atoms with Crippen molar-refractivity contribution in [3.8, 4) is 5.75 Å². The second kappa shape index (κ2) is 6.31. The standard InChI is InChI=1S/C13H11Br2N3O3/c1-21-12-6-11(7(14)5-8(12)15)17-10-4-2-3-9(16)13(10)18(19)20/h2-6,17H,16H2,1H3. The van der Waals surface area contributed by atoms with Gasteiger partial charge in [-0.15, -0.1) is 0 Å². The van der Waals surface area contributed by atoms with Crippen LogP contribution in [0.25, 0.3) is 0 Å². The number of ether oxygens (including phenoxy) is 1. The summed E-state index contributed by atoms with van der Waals surface area (Å²) in [5.41, 5.74) is 6.55. The third-order valence-electron chi connectivity index (χ3n) is 2.76. The molecule has 0 aliphatic rings. The summed E-state index contributed by atoms with van der Waals surface area (Å²) < 4.78 is 6.71. The predicted molar refractivity (Wildman–Crippen MR) is 89.2 cm³/mol. The Kier molecular flexibility index (Phi) is 4.69. The lowest BCUT2D eigenvalue weighted by molar-refractivity contribution is -0.383. The van der Waals surface area contributed by atoms with Gasteiger partial charge in [0.25, 0.3) is 0 Å². The average Bonchev–Trinajstić information content (AvgIpc) is 2.41. The second-order valence-corrected chi connectivity index (χ2v) is 5.80. The molecule has 0 aliphatic carbocycles. The highest BCUT2D eigenvalue weighted by atomic mass is 79.9. The molecule has 0 radical (unpaired) electrons. The van der Waals surface area contributed by atoms with Crippen LogP contribution in [-0.4, -0.2) is 12.0 Å². The molecule has 0 aliphatic heterocycles. The number of nitrogens with zero attached hydrogens (tertiary/aromatic N) is 1. The first-order chi connectivity index (χ1) is 9.93. The van der Waals surface area contributed by atoms with Crippen molar-refractivity contribution in [1.82, 2.24) is 0 Å². The first-order valence-corrected chi connectivity index (χ1v) is 7.35. The van der Waals surface area contributed by atoms with Crippen molar-refractivity contribution < 1.29 is 9.66 Å². The van der Waals surface area contributed by atoms with Crippen molar-refractivity contribution in [3.63, 3.8) is 0 Å². The van der Waals surface area contributed by atoms with Gasteiger partial charge in [-0.2, -0.15) is 0 Å². The summed E-state index contributed by atoms with van der Waals surface area (Å²) >= 11 is 6.76. The lowest BCUT2D eigenvalue weighted by Gasteiger charge is -2.12. The highest BCUT2D eigenvalue weighted by Crippen LogP contribution is 2.39. The molecule has 0 bridgehead atoms. The number of nitrogen functional groups attached to an aromatic ring is 1.